The van der Waals surface area contributed by atoms with Crippen LogP contribution in [0.2, 0.25) is 10.0 Å². The summed E-state index contributed by atoms with van der Waals surface area (Å²) in [5.74, 6) is -0.381. The summed E-state index contributed by atoms with van der Waals surface area (Å²) < 4.78 is 26.5. The van der Waals surface area contributed by atoms with E-state index in [1.54, 1.807) is 29.2 Å². The van der Waals surface area contributed by atoms with Crippen molar-refractivity contribution in [3.8, 4) is 0 Å². The first-order valence-corrected chi connectivity index (χ1v) is 16.1. The van der Waals surface area contributed by atoms with Crippen molar-refractivity contribution in [2.75, 3.05) is 17.1 Å². The van der Waals surface area contributed by atoms with Gasteiger partial charge in [-0.05, 0) is 80.5 Å². The number of hydrogen-bond acceptors (Lipinski definition) is 4. The fourth-order valence-electron chi connectivity index (χ4n) is 5.01. The predicted octanol–water partition coefficient (Wildman–Crippen LogP) is 6.02. The summed E-state index contributed by atoms with van der Waals surface area (Å²) >= 11 is 12.3. The maximum Gasteiger partial charge on any atom is 0.243 e. The van der Waals surface area contributed by atoms with E-state index in [4.69, 9.17) is 23.2 Å². The number of sulfonamides is 1. The third-order valence-corrected chi connectivity index (χ3v) is 9.29. The topological polar surface area (TPSA) is 86.8 Å². The summed E-state index contributed by atoms with van der Waals surface area (Å²) in [6.07, 6.45) is 6.08. The van der Waals surface area contributed by atoms with Crippen LogP contribution in [0.25, 0.3) is 0 Å². The molecule has 1 aliphatic carbocycles. The van der Waals surface area contributed by atoms with E-state index < -0.39 is 16.1 Å². The average molecular weight is 597 g/mol. The van der Waals surface area contributed by atoms with Crippen LogP contribution in [0.4, 0.5) is 5.69 Å². The molecule has 0 unspecified atom stereocenters. The molecule has 1 saturated carbocycles. The second-order valence-electron chi connectivity index (χ2n) is 10.4. The van der Waals surface area contributed by atoms with Gasteiger partial charge in [-0.15, -0.1) is 0 Å². The zero-order chi connectivity index (χ0) is 28.7. The van der Waals surface area contributed by atoms with Crippen LogP contribution >= 0.6 is 23.2 Å². The lowest BCUT2D eigenvalue weighted by atomic mass is 10.1. The molecule has 39 heavy (non-hydrogen) atoms. The van der Waals surface area contributed by atoms with E-state index in [2.05, 4.69) is 5.32 Å². The Morgan fingerprint density at radius 2 is 1.72 bits per heavy atom. The molecule has 0 aliphatic heterocycles. The minimum Gasteiger partial charge on any atom is -0.352 e. The molecule has 2 amide bonds. The van der Waals surface area contributed by atoms with Gasteiger partial charge in [0.15, 0.2) is 0 Å². The monoisotopic (exact) mass is 595 g/mol. The Labute approximate surface area is 242 Å². The molecule has 2 aromatic rings. The van der Waals surface area contributed by atoms with Crippen LogP contribution in [0.5, 0.6) is 0 Å². The number of halogens is 2. The minimum absolute atomic E-state index is 0.0887. The van der Waals surface area contributed by atoms with Crippen molar-refractivity contribution < 1.29 is 18.0 Å². The molecule has 214 valence electrons. The molecule has 0 radical (unpaired) electrons. The smallest absolute Gasteiger partial charge is 0.243 e. The molecule has 1 N–H and O–H groups in total. The largest absolute Gasteiger partial charge is 0.352 e. The van der Waals surface area contributed by atoms with Gasteiger partial charge in [0.25, 0.3) is 0 Å². The van der Waals surface area contributed by atoms with E-state index in [-0.39, 0.29) is 37.4 Å². The van der Waals surface area contributed by atoms with Crippen molar-refractivity contribution in [2.45, 2.75) is 84.3 Å². The Kier molecular flexibility index (Phi) is 11.1. The maximum atomic E-state index is 13.6. The van der Waals surface area contributed by atoms with E-state index in [1.165, 1.54) is 10.6 Å². The molecule has 2 aromatic carbocycles. The van der Waals surface area contributed by atoms with Crippen molar-refractivity contribution in [3.05, 3.63) is 63.1 Å². The standard InChI is InChI=1S/C29H39Cl2N3O4S/c1-5-27(29(36)32-23-9-6-7-10-23)33(19-22-13-15-25(30)26(31)18-22)28(35)11-8-16-34(39(4,37)38)24-14-12-20(2)21(3)17-24/h12-15,17-18,23,27H,5-11,16,19H2,1-4H3,(H,32,36)/t27-/m0/s1. The molecule has 1 fully saturated rings. The first kappa shape index (κ1) is 31.2. The number of carbonyl (C=O) groups is 2. The number of benzene rings is 2. The van der Waals surface area contributed by atoms with Crippen LogP contribution in [0.15, 0.2) is 36.4 Å². The highest BCUT2D eigenvalue weighted by atomic mass is 35.5. The molecule has 3 rings (SSSR count). The quantitative estimate of drug-likeness (QED) is 0.325. The lowest BCUT2D eigenvalue weighted by Crippen LogP contribution is -2.51. The Morgan fingerprint density at radius 1 is 1.03 bits per heavy atom. The van der Waals surface area contributed by atoms with Crippen LogP contribution in [-0.2, 0) is 26.2 Å². The highest BCUT2D eigenvalue weighted by Gasteiger charge is 2.31. The summed E-state index contributed by atoms with van der Waals surface area (Å²) in [4.78, 5) is 28.5. The highest BCUT2D eigenvalue weighted by Crippen LogP contribution is 2.26. The van der Waals surface area contributed by atoms with Gasteiger partial charge in [-0.1, -0.05) is 55.1 Å². The van der Waals surface area contributed by atoms with Crippen LogP contribution in [-0.4, -0.2) is 50.0 Å². The van der Waals surface area contributed by atoms with Gasteiger partial charge in [-0.2, -0.15) is 0 Å². The van der Waals surface area contributed by atoms with Gasteiger partial charge < -0.3 is 10.2 Å². The normalized spacial score (nSPS) is 14.7. The number of rotatable bonds is 12. The van der Waals surface area contributed by atoms with Gasteiger partial charge in [0.05, 0.1) is 22.0 Å². The van der Waals surface area contributed by atoms with E-state index in [9.17, 15) is 18.0 Å². The fourth-order valence-corrected chi connectivity index (χ4v) is 6.28. The number of nitrogens with zero attached hydrogens (tertiary/aromatic N) is 2. The SMILES string of the molecule is CC[C@@H](C(=O)NC1CCCC1)N(Cc1ccc(Cl)c(Cl)c1)C(=O)CCCN(c1ccc(C)c(C)c1)S(C)(=O)=O. The molecule has 1 aliphatic rings. The zero-order valence-electron chi connectivity index (χ0n) is 23.2. The molecule has 0 bridgehead atoms. The second-order valence-corrected chi connectivity index (χ2v) is 13.1. The van der Waals surface area contributed by atoms with Crippen LogP contribution in [0.1, 0.15) is 68.6 Å². The van der Waals surface area contributed by atoms with Crippen molar-refractivity contribution in [2.24, 2.45) is 0 Å². The number of anilines is 1. The van der Waals surface area contributed by atoms with E-state index in [0.717, 1.165) is 42.4 Å². The molecule has 7 nitrogen and oxygen atoms in total. The summed E-state index contributed by atoms with van der Waals surface area (Å²) in [6.45, 7) is 6.14. The van der Waals surface area contributed by atoms with Crippen LogP contribution in [0, 0.1) is 13.8 Å². The maximum absolute atomic E-state index is 13.6. The summed E-state index contributed by atoms with van der Waals surface area (Å²) in [5, 5.41) is 3.92. The first-order chi connectivity index (χ1) is 18.4. The number of hydrogen-bond donors (Lipinski definition) is 1. The van der Waals surface area contributed by atoms with Gasteiger partial charge in [0.1, 0.15) is 6.04 Å². The molecule has 0 aromatic heterocycles. The molecule has 1 atom stereocenters. The lowest BCUT2D eigenvalue weighted by Gasteiger charge is -2.32. The summed E-state index contributed by atoms with van der Waals surface area (Å²) in [7, 11) is -3.55. The minimum atomic E-state index is -3.55. The zero-order valence-corrected chi connectivity index (χ0v) is 25.5. The third kappa shape index (κ3) is 8.60. The van der Waals surface area contributed by atoms with E-state index in [1.807, 2.05) is 32.9 Å². The molecule has 0 saturated heterocycles. The Morgan fingerprint density at radius 3 is 2.31 bits per heavy atom. The number of aryl methyl sites for hydroxylation is 2. The first-order valence-electron chi connectivity index (χ1n) is 13.5. The van der Waals surface area contributed by atoms with Gasteiger partial charge in [-0.3, -0.25) is 13.9 Å². The highest BCUT2D eigenvalue weighted by molar-refractivity contribution is 7.92. The van der Waals surface area contributed by atoms with Crippen molar-refractivity contribution >= 4 is 50.7 Å². The molecule has 10 heteroatoms. The van der Waals surface area contributed by atoms with Crippen LogP contribution in [0.3, 0.4) is 0 Å². The van der Waals surface area contributed by atoms with Gasteiger partial charge in [0.2, 0.25) is 21.8 Å². The number of amides is 2. The Balaban J connectivity index is 1.78. The molecular formula is C29H39Cl2N3O4S. The second kappa shape index (κ2) is 13.9. The van der Waals surface area contributed by atoms with Gasteiger partial charge >= 0.3 is 0 Å². The molecule has 0 heterocycles. The van der Waals surface area contributed by atoms with Crippen LogP contribution < -0.4 is 9.62 Å². The number of nitrogens with one attached hydrogen (secondary N) is 1. The summed E-state index contributed by atoms with van der Waals surface area (Å²) in [5.41, 5.74) is 3.40. The van der Waals surface area contributed by atoms with E-state index >= 15 is 0 Å². The lowest BCUT2D eigenvalue weighted by molar-refractivity contribution is -0.141. The number of carbonyl (C=O) groups excluding carboxylic acids is 2. The fraction of sp³-hybridized carbons (Fsp3) is 0.517. The van der Waals surface area contributed by atoms with Crippen molar-refractivity contribution in [1.82, 2.24) is 10.2 Å². The summed E-state index contributed by atoms with van der Waals surface area (Å²) in [6, 6.07) is 10.2. The molecular weight excluding hydrogens is 557 g/mol. The third-order valence-electron chi connectivity index (χ3n) is 7.36. The van der Waals surface area contributed by atoms with Crippen molar-refractivity contribution in [3.63, 3.8) is 0 Å². The molecule has 0 spiro atoms. The van der Waals surface area contributed by atoms with Gasteiger partial charge in [-0.25, -0.2) is 8.42 Å². The Hall–Kier alpha value is -2.29. The predicted molar refractivity (Wildman–Crippen MR) is 159 cm³/mol. The average Bonchev–Trinajstić information content (AvgIpc) is 3.38. The Bertz CT molecular complexity index is 1280. The van der Waals surface area contributed by atoms with E-state index in [0.29, 0.717) is 28.6 Å². The van der Waals surface area contributed by atoms with Crippen molar-refractivity contribution in [1.29, 1.82) is 0 Å². The van der Waals surface area contributed by atoms with Gasteiger partial charge in [0, 0.05) is 25.6 Å².